The van der Waals surface area contributed by atoms with Gasteiger partial charge in [0.25, 0.3) is 0 Å². The van der Waals surface area contributed by atoms with E-state index in [4.69, 9.17) is 4.74 Å². The first-order valence-corrected chi connectivity index (χ1v) is 20.4. The molecule has 6 aliphatic rings. The van der Waals surface area contributed by atoms with Crippen molar-refractivity contribution in [1.82, 2.24) is 4.90 Å². The van der Waals surface area contributed by atoms with Crippen LogP contribution in [-0.2, 0) is 11.3 Å². The van der Waals surface area contributed by atoms with Crippen LogP contribution in [0, 0.1) is 33.5 Å². The van der Waals surface area contributed by atoms with Crippen molar-refractivity contribution < 1.29 is 24.5 Å². The van der Waals surface area contributed by atoms with Crippen LogP contribution in [0.3, 0.4) is 0 Å². The highest BCUT2D eigenvalue weighted by atomic mass is 16.6. The van der Waals surface area contributed by atoms with Gasteiger partial charge >= 0.3 is 6.09 Å². The second-order valence-corrected chi connectivity index (χ2v) is 17.8. The predicted molar refractivity (Wildman–Crippen MR) is 216 cm³/mol. The second kappa shape index (κ2) is 13.0. The van der Waals surface area contributed by atoms with Gasteiger partial charge in [0, 0.05) is 33.9 Å². The van der Waals surface area contributed by atoms with Gasteiger partial charge in [0.1, 0.15) is 0 Å². The van der Waals surface area contributed by atoms with Gasteiger partial charge in [0.2, 0.25) is 0 Å². The fourth-order valence-electron chi connectivity index (χ4n) is 12.5. The molecule has 2 N–H and O–H groups in total. The van der Waals surface area contributed by atoms with Gasteiger partial charge < -0.3 is 19.8 Å². The van der Waals surface area contributed by atoms with Crippen molar-refractivity contribution in [2.75, 3.05) is 13.2 Å². The Morgan fingerprint density at radius 2 is 1.45 bits per heavy atom. The number of carbonyl (C=O) groups excluding carboxylic acids is 2. The molecule has 8 atom stereocenters. The van der Waals surface area contributed by atoms with Crippen LogP contribution in [0.25, 0.3) is 21.9 Å². The monoisotopic (exact) mass is 735 g/mol. The minimum absolute atomic E-state index is 0.0256. The first kappa shape index (κ1) is 36.1. The van der Waals surface area contributed by atoms with E-state index in [1.165, 1.54) is 0 Å². The Kier molecular flexibility index (Phi) is 8.56. The highest BCUT2D eigenvalue weighted by Crippen LogP contribution is 2.78. The molecule has 4 aromatic rings. The van der Waals surface area contributed by atoms with Gasteiger partial charge in [-0.15, -0.1) is 0 Å². The topological polar surface area (TPSA) is 87.1 Å². The highest BCUT2D eigenvalue weighted by molar-refractivity contribution is 6.10. The zero-order valence-corrected chi connectivity index (χ0v) is 32.3. The first-order valence-electron chi connectivity index (χ1n) is 20.4. The smallest absolute Gasteiger partial charge is 0.410 e. The number of aliphatic hydroxyl groups is 2. The normalized spacial score (nSPS) is 34.3. The molecule has 3 saturated carbocycles. The fourth-order valence-corrected chi connectivity index (χ4v) is 12.5. The summed E-state index contributed by atoms with van der Waals surface area (Å²) in [6.07, 6.45) is 11.3. The van der Waals surface area contributed by atoms with Crippen LogP contribution in [0.15, 0.2) is 121 Å². The molecule has 0 radical (unpaired) electrons. The minimum atomic E-state index is -1.20. The number of nitrogens with zero attached hydrogens (tertiary/aromatic N) is 1. The number of Topliss-reactive ketones (excluding diaryl/α,β-unsaturated/α-hetero) is 1. The Bertz CT molecular complexity index is 2210. The van der Waals surface area contributed by atoms with Crippen molar-refractivity contribution in [3.8, 4) is 11.1 Å². The molecule has 1 amide bonds. The van der Waals surface area contributed by atoms with Crippen LogP contribution in [0.2, 0.25) is 0 Å². The van der Waals surface area contributed by atoms with Gasteiger partial charge in [0.05, 0.1) is 24.9 Å². The zero-order valence-electron chi connectivity index (χ0n) is 32.3. The van der Waals surface area contributed by atoms with Crippen LogP contribution in [0.5, 0.6) is 0 Å². The number of carbonyl (C=O) groups is 2. The molecule has 0 heterocycles. The van der Waals surface area contributed by atoms with E-state index in [2.05, 4.69) is 68.5 Å². The summed E-state index contributed by atoms with van der Waals surface area (Å²) in [5.74, 6) is 0.198. The van der Waals surface area contributed by atoms with Gasteiger partial charge in [-0.25, -0.2) is 4.79 Å². The van der Waals surface area contributed by atoms with Gasteiger partial charge in [-0.3, -0.25) is 4.79 Å². The third-order valence-electron chi connectivity index (χ3n) is 15.4. The molecule has 8 unspecified atom stereocenters. The van der Waals surface area contributed by atoms with E-state index in [1.54, 1.807) is 4.90 Å². The summed E-state index contributed by atoms with van der Waals surface area (Å²) in [4.78, 5) is 30.6. The summed E-state index contributed by atoms with van der Waals surface area (Å²) in [6.45, 7) is 7.17. The molecule has 284 valence electrons. The molecule has 6 heteroatoms. The number of amides is 1. The molecular formula is C49H53NO5. The van der Waals surface area contributed by atoms with E-state index in [9.17, 15) is 15.0 Å². The fraction of sp³-hybridized carbons (Fsp3) is 0.429. The van der Waals surface area contributed by atoms with E-state index in [1.807, 2.05) is 67.6 Å². The van der Waals surface area contributed by atoms with Crippen LogP contribution >= 0.6 is 0 Å². The summed E-state index contributed by atoms with van der Waals surface area (Å²) in [5.41, 5.74) is 1.76. The van der Waals surface area contributed by atoms with E-state index in [0.29, 0.717) is 24.9 Å². The zero-order chi connectivity index (χ0) is 38.2. The van der Waals surface area contributed by atoms with Gasteiger partial charge in [-0.2, -0.15) is 0 Å². The van der Waals surface area contributed by atoms with Crippen LogP contribution < -0.4 is 0 Å². The van der Waals surface area contributed by atoms with Gasteiger partial charge in [-0.1, -0.05) is 129 Å². The van der Waals surface area contributed by atoms with Crippen molar-refractivity contribution in [2.24, 2.45) is 33.5 Å². The molecule has 0 aromatic heterocycles. The molecule has 6 nitrogen and oxygen atoms in total. The quantitative estimate of drug-likeness (QED) is 0.139. The standard InChI is InChI=1S/C49H53NO5/c1-4-55-44(53)50(31-37-15-10-14-35-13-8-9-16-39(35)37)32-48(54)26-23-42-46(48,3)25-22-41-45(2)24-21-38(51)29-47(45)27-28-49(41,42)40(30-47)43(52)36-19-17-34(18-20-36)33-11-6-5-7-12-33/h5-20,27-28,30,38,41-42,51,54H,4,21-26,29,31-32H2,1-3H3. The Morgan fingerprint density at radius 1 is 0.782 bits per heavy atom. The van der Waals surface area contributed by atoms with Gasteiger partial charge in [0.15, 0.2) is 5.78 Å². The van der Waals surface area contributed by atoms with Gasteiger partial charge in [-0.05, 0) is 96.6 Å². The minimum Gasteiger partial charge on any atom is -0.450 e. The summed E-state index contributed by atoms with van der Waals surface area (Å²) in [7, 11) is 0. The Morgan fingerprint density at radius 3 is 2.24 bits per heavy atom. The lowest BCUT2D eigenvalue weighted by atomic mass is 9.32. The molecule has 0 aliphatic heterocycles. The second-order valence-electron chi connectivity index (χ2n) is 17.8. The number of aliphatic hydroxyl groups excluding tert-OH is 1. The summed E-state index contributed by atoms with van der Waals surface area (Å²) in [6, 6.07) is 32.6. The summed E-state index contributed by atoms with van der Waals surface area (Å²) < 4.78 is 5.65. The van der Waals surface area contributed by atoms with Crippen molar-refractivity contribution in [2.45, 2.75) is 84.0 Å². The SMILES string of the molecule is CCOC(=O)N(Cc1cccc2ccccc12)CC1(O)CCC2C34C=CC5(C=C3C(=O)c3ccc(-c6ccccc6)cc3)CC(O)CCC5(C)C4CCC21C. The third-order valence-corrected chi connectivity index (χ3v) is 15.4. The lowest BCUT2D eigenvalue weighted by Crippen LogP contribution is -2.67. The number of ketones is 1. The average Bonchev–Trinajstić information content (AvgIpc) is 3.47. The summed E-state index contributed by atoms with van der Waals surface area (Å²) >= 11 is 0. The van der Waals surface area contributed by atoms with Crippen molar-refractivity contribution in [3.05, 3.63) is 132 Å². The summed E-state index contributed by atoms with van der Waals surface area (Å²) in [5, 5.41) is 26.4. The maximum Gasteiger partial charge on any atom is 0.410 e. The van der Waals surface area contributed by atoms with Crippen molar-refractivity contribution in [3.63, 3.8) is 0 Å². The Balaban J connectivity index is 1.11. The van der Waals surface area contributed by atoms with Crippen molar-refractivity contribution in [1.29, 1.82) is 0 Å². The number of hydrogen-bond acceptors (Lipinski definition) is 5. The molecule has 10 rings (SSSR count). The van der Waals surface area contributed by atoms with Crippen LogP contribution in [-0.4, -0.2) is 51.8 Å². The number of benzene rings is 4. The van der Waals surface area contributed by atoms with E-state index < -0.39 is 34.0 Å². The van der Waals surface area contributed by atoms with E-state index in [0.717, 1.165) is 65.1 Å². The van der Waals surface area contributed by atoms with E-state index in [-0.39, 0.29) is 36.2 Å². The molecule has 6 aliphatic carbocycles. The molecule has 3 fully saturated rings. The average molecular weight is 736 g/mol. The molecule has 2 spiro atoms. The number of ether oxygens (including phenoxy) is 1. The number of rotatable bonds is 8. The van der Waals surface area contributed by atoms with Crippen molar-refractivity contribution >= 4 is 22.6 Å². The third kappa shape index (κ3) is 5.27. The number of fused-ring (bicyclic) bond motifs is 2. The molecular weight excluding hydrogens is 683 g/mol. The predicted octanol–water partition coefficient (Wildman–Crippen LogP) is 9.94. The molecule has 0 saturated heterocycles. The van der Waals surface area contributed by atoms with E-state index >= 15 is 4.79 Å². The first-order chi connectivity index (χ1) is 26.5. The maximum absolute atomic E-state index is 15.2. The maximum atomic E-state index is 15.2. The van der Waals surface area contributed by atoms with Crippen LogP contribution in [0.1, 0.15) is 81.6 Å². The highest BCUT2D eigenvalue weighted by Gasteiger charge is 2.74. The number of allylic oxidation sites excluding steroid dienone is 4. The Hall–Kier alpha value is -4.52. The lowest BCUT2D eigenvalue weighted by molar-refractivity contribution is -0.175. The molecule has 55 heavy (non-hydrogen) atoms. The Labute approximate surface area is 324 Å². The largest absolute Gasteiger partial charge is 0.450 e. The number of hydrogen-bond donors (Lipinski definition) is 2. The van der Waals surface area contributed by atoms with Crippen LogP contribution in [0.4, 0.5) is 4.79 Å². The lowest BCUT2D eigenvalue weighted by Gasteiger charge is -2.71. The molecule has 2 bridgehead atoms. The molecule has 4 aromatic carbocycles.